The third kappa shape index (κ3) is 4.27. The zero-order chi connectivity index (χ0) is 31.7. The number of Topliss-reactive ketones (excluding diaryl/α,β-unsaturated/α-hetero) is 1. The fourth-order valence-electron chi connectivity index (χ4n) is 9.03. The molecule has 1 aromatic rings. The van der Waals surface area contributed by atoms with Crippen LogP contribution in [-0.4, -0.2) is 65.1 Å². The quantitative estimate of drug-likeness (QED) is 0.415. The van der Waals surface area contributed by atoms with Crippen LogP contribution in [0.5, 0.6) is 5.75 Å². The summed E-state index contributed by atoms with van der Waals surface area (Å²) in [5.74, 6) is -1.99. The number of allylic oxidation sites excluding steroid dienone is 4. The molecule has 0 spiro atoms. The van der Waals surface area contributed by atoms with Crippen molar-refractivity contribution >= 4 is 23.2 Å². The average Bonchev–Trinajstić information content (AvgIpc) is 3.47. The van der Waals surface area contributed by atoms with Crippen LogP contribution in [0.3, 0.4) is 0 Å². The minimum absolute atomic E-state index is 0.0552. The van der Waals surface area contributed by atoms with E-state index in [0.29, 0.717) is 24.3 Å². The summed E-state index contributed by atoms with van der Waals surface area (Å²) in [7, 11) is 0. The molecule has 10 heteroatoms. The molecule has 1 saturated heterocycles. The molecule has 2 N–H and O–H groups in total. The monoisotopic (exact) mass is 613 g/mol. The van der Waals surface area contributed by atoms with Crippen molar-refractivity contribution in [3.8, 4) is 5.75 Å². The summed E-state index contributed by atoms with van der Waals surface area (Å²) in [5, 5.41) is 14.5. The summed E-state index contributed by atoms with van der Waals surface area (Å²) in [6.07, 6.45) is 0.891. The van der Waals surface area contributed by atoms with Gasteiger partial charge in [0.15, 0.2) is 23.3 Å². The molecule has 1 aromatic carbocycles. The number of hydrogen-bond acceptors (Lipinski definition) is 7. The molecular weight excluding hydrogens is 572 g/mol. The molecule has 10 atom stereocenters. The first-order valence-electron chi connectivity index (χ1n) is 15.7. The first kappa shape index (κ1) is 31.0. The number of aliphatic hydroxyl groups excluding tert-OH is 1. The van der Waals surface area contributed by atoms with Gasteiger partial charge >= 0.3 is 0 Å². The second kappa shape index (κ2) is 10.8. The molecule has 2 unspecified atom stereocenters. The number of hydrogen-bond donors (Lipinski definition) is 2. The second-order valence-electron chi connectivity index (χ2n) is 13.4. The lowest BCUT2D eigenvalue weighted by Gasteiger charge is -2.63. The predicted molar refractivity (Wildman–Crippen MR) is 157 cm³/mol. The molecule has 1 heterocycles. The van der Waals surface area contributed by atoms with Crippen LogP contribution in [0, 0.1) is 22.7 Å². The number of carbonyl (C=O) groups excluding carboxylic acids is 3. The molecule has 8 nitrogen and oxygen atoms in total. The van der Waals surface area contributed by atoms with Crippen LogP contribution in [0.25, 0.3) is 0 Å². The Morgan fingerprint density at radius 2 is 1.86 bits per heavy atom. The zero-order valence-electron chi connectivity index (χ0n) is 25.6. The van der Waals surface area contributed by atoms with E-state index in [9.17, 15) is 19.5 Å². The molecule has 4 fully saturated rings. The largest absolute Gasteiger partial charge is 0.486 e. The Morgan fingerprint density at radius 3 is 2.55 bits per heavy atom. The normalized spacial score (nSPS) is 42.1. The van der Waals surface area contributed by atoms with Crippen molar-refractivity contribution in [1.82, 2.24) is 0 Å². The standard InChI is InChI=1S/C34H41F2NO7/c1-5-7-30-43-28-16-22-23-15-25(35)24-14-20(38)12-13-31(24,3)33(23,36)26(39)17-32(22,4)34(28,44-30)27(40)18-42-21-10-8-19(9-11-21)37-29(41)6-2/h8-14,22-23,25-26,28,30,39H,5-7,15-18H2,1-4H3,(H,37,41)/t22?,23-,25-,26-,28+,30?,31-,32-,33-,34+/m0/s1. The van der Waals surface area contributed by atoms with Gasteiger partial charge in [-0.3, -0.25) is 14.4 Å². The number of aliphatic hydroxyl groups is 1. The van der Waals surface area contributed by atoms with Crippen molar-refractivity contribution in [3.63, 3.8) is 0 Å². The van der Waals surface area contributed by atoms with Gasteiger partial charge in [-0.25, -0.2) is 8.78 Å². The van der Waals surface area contributed by atoms with E-state index in [-0.39, 0.29) is 43.1 Å². The molecular formula is C34H41F2NO7. The second-order valence-corrected chi connectivity index (χ2v) is 13.4. The Bertz CT molecular complexity index is 1410. The van der Waals surface area contributed by atoms with Gasteiger partial charge in [-0.1, -0.05) is 33.3 Å². The SMILES string of the molecule is CCCC1O[C@@H]2CC3[C@@H]4C[C@H](F)C5=CC(=O)C=C[C@]5(C)[C@@]4(F)[C@@H](O)C[C@]3(C)[C@]2(C(=O)COc2ccc(NC(=O)CC)cc2)O1. The van der Waals surface area contributed by atoms with Crippen LogP contribution in [0.4, 0.5) is 14.5 Å². The van der Waals surface area contributed by atoms with Gasteiger partial charge in [0.25, 0.3) is 0 Å². The summed E-state index contributed by atoms with van der Waals surface area (Å²) in [5.41, 5.74) is -5.74. The summed E-state index contributed by atoms with van der Waals surface area (Å²) in [4.78, 5) is 38.2. The van der Waals surface area contributed by atoms with E-state index in [1.807, 2.05) is 13.8 Å². The van der Waals surface area contributed by atoms with Crippen molar-refractivity contribution < 1.29 is 42.5 Å². The number of ether oxygens (including phenoxy) is 3. The molecule has 44 heavy (non-hydrogen) atoms. The summed E-state index contributed by atoms with van der Waals surface area (Å²) in [6, 6.07) is 6.66. The van der Waals surface area contributed by atoms with E-state index < -0.39 is 64.4 Å². The third-order valence-electron chi connectivity index (χ3n) is 11.2. The summed E-state index contributed by atoms with van der Waals surface area (Å²) in [6.45, 7) is 6.77. The lowest BCUT2D eigenvalue weighted by molar-refractivity contribution is -0.234. The number of nitrogens with one attached hydrogen (secondary N) is 1. The van der Waals surface area contributed by atoms with E-state index in [4.69, 9.17) is 14.2 Å². The van der Waals surface area contributed by atoms with Crippen LogP contribution in [-0.2, 0) is 23.9 Å². The predicted octanol–water partition coefficient (Wildman–Crippen LogP) is 5.19. The van der Waals surface area contributed by atoms with Gasteiger partial charge < -0.3 is 24.6 Å². The highest BCUT2D eigenvalue weighted by Gasteiger charge is 2.80. The number of amides is 1. The molecule has 4 aliphatic carbocycles. The Labute approximate surface area is 256 Å². The van der Waals surface area contributed by atoms with Gasteiger partial charge in [-0.2, -0.15) is 0 Å². The molecule has 0 aromatic heterocycles. The number of rotatable bonds is 8. The van der Waals surface area contributed by atoms with Gasteiger partial charge in [0, 0.05) is 28.9 Å². The summed E-state index contributed by atoms with van der Waals surface area (Å²) >= 11 is 0. The number of benzene rings is 1. The molecule has 5 aliphatic rings. The topological polar surface area (TPSA) is 111 Å². The Hall–Kier alpha value is -2.95. The van der Waals surface area contributed by atoms with Crippen LogP contribution < -0.4 is 10.1 Å². The van der Waals surface area contributed by atoms with Crippen LogP contribution >= 0.6 is 0 Å². The van der Waals surface area contributed by atoms with E-state index in [1.165, 1.54) is 18.2 Å². The van der Waals surface area contributed by atoms with Crippen LogP contribution in [0.1, 0.15) is 66.2 Å². The van der Waals surface area contributed by atoms with E-state index >= 15 is 8.78 Å². The maximum absolute atomic E-state index is 17.6. The number of anilines is 1. The van der Waals surface area contributed by atoms with Gasteiger partial charge in [0.2, 0.25) is 11.7 Å². The number of fused-ring (bicyclic) bond motifs is 7. The highest BCUT2D eigenvalue weighted by atomic mass is 19.1. The minimum Gasteiger partial charge on any atom is -0.486 e. The molecule has 1 amide bonds. The fraction of sp³-hybridized carbons (Fsp3) is 0.618. The van der Waals surface area contributed by atoms with Crippen molar-refractivity contribution in [2.45, 2.75) is 102 Å². The molecule has 3 saturated carbocycles. The highest BCUT2D eigenvalue weighted by molar-refractivity contribution is 6.01. The third-order valence-corrected chi connectivity index (χ3v) is 11.2. The van der Waals surface area contributed by atoms with Gasteiger partial charge in [0.05, 0.1) is 12.2 Å². The van der Waals surface area contributed by atoms with Gasteiger partial charge in [-0.05, 0) is 80.5 Å². The summed E-state index contributed by atoms with van der Waals surface area (Å²) < 4.78 is 52.3. The highest BCUT2D eigenvalue weighted by Crippen LogP contribution is 2.72. The van der Waals surface area contributed by atoms with E-state index in [2.05, 4.69) is 5.32 Å². The maximum atomic E-state index is 17.6. The van der Waals surface area contributed by atoms with Gasteiger partial charge in [0.1, 0.15) is 18.5 Å². The van der Waals surface area contributed by atoms with E-state index in [1.54, 1.807) is 38.1 Å². The first-order valence-corrected chi connectivity index (χ1v) is 15.7. The van der Waals surface area contributed by atoms with Crippen molar-refractivity contribution in [3.05, 3.63) is 48.1 Å². The lowest BCUT2D eigenvalue weighted by atomic mass is 9.44. The van der Waals surface area contributed by atoms with Crippen LogP contribution in [0.15, 0.2) is 48.1 Å². The van der Waals surface area contributed by atoms with Gasteiger partial charge in [-0.15, -0.1) is 0 Å². The van der Waals surface area contributed by atoms with Crippen molar-refractivity contribution in [2.24, 2.45) is 22.7 Å². The maximum Gasteiger partial charge on any atom is 0.224 e. The number of carbonyl (C=O) groups is 3. The zero-order valence-corrected chi connectivity index (χ0v) is 25.6. The molecule has 0 bridgehead atoms. The van der Waals surface area contributed by atoms with Crippen molar-refractivity contribution in [2.75, 3.05) is 11.9 Å². The van der Waals surface area contributed by atoms with Crippen LogP contribution in [0.2, 0.25) is 0 Å². The Balaban J connectivity index is 1.32. The minimum atomic E-state index is -2.26. The molecule has 1 aliphatic heterocycles. The fourth-order valence-corrected chi connectivity index (χ4v) is 9.03. The number of alkyl halides is 2. The molecule has 0 radical (unpaired) electrons. The molecule has 6 rings (SSSR count). The Morgan fingerprint density at radius 1 is 1.14 bits per heavy atom. The van der Waals surface area contributed by atoms with Crippen molar-refractivity contribution in [1.29, 1.82) is 0 Å². The first-order chi connectivity index (χ1) is 20.8. The molecule has 238 valence electrons. The number of ketones is 2. The van der Waals surface area contributed by atoms with E-state index in [0.717, 1.165) is 6.42 Å². The lowest BCUT2D eigenvalue weighted by Crippen LogP contribution is -2.71. The Kier molecular flexibility index (Phi) is 7.65. The number of halogens is 2. The average molecular weight is 614 g/mol. The smallest absolute Gasteiger partial charge is 0.224 e.